The third kappa shape index (κ3) is 10.0. The molecule has 5 aromatic rings. The summed E-state index contributed by atoms with van der Waals surface area (Å²) in [5, 5.41) is 27.8. The number of aromatic nitrogens is 6. The van der Waals surface area contributed by atoms with Crippen LogP contribution in [0.15, 0.2) is 72.8 Å². The van der Waals surface area contributed by atoms with Gasteiger partial charge in [0.05, 0.1) is 31.3 Å². The number of nitrogens with one attached hydrogen (secondary N) is 3. The number of rotatable bonds is 13. The van der Waals surface area contributed by atoms with Crippen LogP contribution in [0, 0.1) is 11.8 Å². The van der Waals surface area contributed by atoms with Crippen molar-refractivity contribution in [2.75, 3.05) is 32.1 Å². The molecule has 0 aliphatic carbocycles. The van der Waals surface area contributed by atoms with Gasteiger partial charge in [-0.15, -0.1) is 0 Å². The summed E-state index contributed by atoms with van der Waals surface area (Å²) >= 11 is 0. The normalized spacial score (nSPS) is 20.4. The molecule has 3 aromatic carbocycles. The van der Waals surface area contributed by atoms with Crippen LogP contribution in [0.5, 0.6) is 0 Å². The molecule has 4 amide bonds. The Morgan fingerprint density at radius 2 is 1.17 bits per heavy atom. The number of alkyl carbamates (subject to hydrolysis) is 1. The second-order valence-corrected chi connectivity index (χ2v) is 20.5. The maximum absolute atomic E-state index is 13.8. The molecule has 17 heteroatoms. The number of carbonyl (C=O) groups excluding carboxylic acids is 3. The van der Waals surface area contributed by atoms with E-state index >= 15 is 0 Å². The molecule has 69 heavy (non-hydrogen) atoms. The van der Waals surface area contributed by atoms with Gasteiger partial charge in [0, 0.05) is 37.0 Å². The van der Waals surface area contributed by atoms with E-state index in [4.69, 9.17) is 14.7 Å². The zero-order valence-electron chi connectivity index (χ0n) is 41.3. The molecule has 5 heterocycles. The lowest BCUT2D eigenvalue weighted by atomic mass is 9.87. The van der Waals surface area contributed by atoms with E-state index in [1.165, 1.54) is 30.8 Å². The molecule has 0 unspecified atom stereocenters. The van der Waals surface area contributed by atoms with Crippen LogP contribution in [-0.4, -0.2) is 114 Å². The largest absolute Gasteiger partial charge is 0.465 e. The Morgan fingerprint density at radius 1 is 0.696 bits per heavy atom. The number of amides is 4. The topological polar surface area (TPSA) is 206 Å². The van der Waals surface area contributed by atoms with Crippen molar-refractivity contribution in [3.05, 3.63) is 101 Å². The summed E-state index contributed by atoms with van der Waals surface area (Å²) in [6.45, 7) is 15.3. The summed E-state index contributed by atoms with van der Waals surface area (Å²) in [6.07, 6.45) is 3.15. The highest BCUT2D eigenvalue weighted by atomic mass is 16.5. The van der Waals surface area contributed by atoms with Crippen LogP contribution < -0.4 is 10.2 Å². The monoisotopic (exact) mass is 942 g/mol. The van der Waals surface area contributed by atoms with Crippen LogP contribution in [0.1, 0.15) is 139 Å². The SMILES string of the molecule is COC(=O)N[C@H](C(=O)N1CCC[C@H]1c1nc(-c2ccc([C@@H]3CC[C@@H](c4ccc(-c5n[nH]c([C@@H]6CCCN6C(=O)[C@H](C(C)C)N(C)C(=O)O)n5)cc4)N3c3ccc(C(C)(C)C)cc3)cc2)n[nH]1)C(C)C. The van der Waals surface area contributed by atoms with Gasteiger partial charge in [0.2, 0.25) is 11.8 Å². The summed E-state index contributed by atoms with van der Waals surface area (Å²) in [6, 6.07) is 23.9. The van der Waals surface area contributed by atoms with Gasteiger partial charge in [-0.3, -0.25) is 24.7 Å². The number of anilines is 1. The van der Waals surface area contributed by atoms with E-state index in [0.717, 1.165) is 53.8 Å². The fourth-order valence-corrected chi connectivity index (χ4v) is 10.5. The van der Waals surface area contributed by atoms with E-state index in [0.29, 0.717) is 42.8 Å². The van der Waals surface area contributed by atoms with Gasteiger partial charge >= 0.3 is 12.2 Å². The number of hydrogen-bond acceptors (Lipinski definition) is 10. The van der Waals surface area contributed by atoms with E-state index in [-0.39, 0.29) is 53.2 Å². The predicted molar refractivity (Wildman–Crippen MR) is 262 cm³/mol. The summed E-state index contributed by atoms with van der Waals surface area (Å²) < 4.78 is 4.80. The minimum absolute atomic E-state index is 0.0112. The molecule has 0 bridgehead atoms. The molecule has 0 radical (unpaired) electrons. The van der Waals surface area contributed by atoms with Crippen LogP contribution in [-0.2, 0) is 19.7 Å². The maximum atomic E-state index is 13.8. The lowest BCUT2D eigenvalue weighted by Gasteiger charge is -2.34. The van der Waals surface area contributed by atoms with Crippen LogP contribution in [0.25, 0.3) is 22.8 Å². The Balaban J connectivity index is 1.01. The number of aromatic amines is 2. The number of nitrogens with zero attached hydrogens (tertiary/aromatic N) is 8. The summed E-state index contributed by atoms with van der Waals surface area (Å²) in [4.78, 5) is 68.4. The number of ether oxygens (including phenoxy) is 1. The number of hydrogen-bond donors (Lipinski definition) is 4. The fraction of sp³-hybridized carbons (Fsp3) is 0.500. The van der Waals surface area contributed by atoms with Crippen molar-refractivity contribution in [1.29, 1.82) is 0 Å². The van der Waals surface area contributed by atoms with Gasteiger partial charge in [0.25, 0.3) is 0 Å². The molecule has 366 valence electrons. The molecule has 0 saturated carbocycles. The number of carboxylic acid groups (broad SMARTS) is 1. The molecule has 3 fully saturated rings. The Bertz CT molecular complexity index is 2600. The molecule has 3 aliphatic heterocycles. The van der Waals surface area contributed by atoms with Crippen molar-refractivity contribution in [3.63, 3.8) is 0 Å². The Labute approximate surface area is 404 Å². The van der Waals surface area contributed by atoms with Crippen molar-refractivity contribution in [2.24, 2.45) is 11.8 Å². The Kier molecular flexibility index (Phi) is 14.1. The zero-order valence-corrected chi connectivity index (χ0v) is 41.3. The molecule has 6 atom stereocenters. The third-order valence-electron chi connectivity index (χ3n) is 14.2. The first-order valence-electron chi connectivity index (χ1n) is 24.3. The highest BCUT2D eigenvalue weighted by molar-refractivity contribution is 5.87. The van der Waals surface area contributed by atoms with E-state index in [1.54, 1.807) is 9.80 Å². The van der Waals surface area contributed by atoms with E-state index in [2.05, 4.69) is 124 Å². The summed E-state index contributed by atoms with van der Waals surface area (Å²) in [5.74, 6) is 1.59. The van der Waals surface area contributed by atoms with Crippen molar-refractivity contribution >= 4 is 29.7 Å². The predicted octanol–water partition coefficient (Wildman–Crippen LogP) is 8.98. The first-order valence-corrected chi connectivity index (χ1v) is 24.3. The quantitative estimate of drug-likeness (QED) is 0.0877. The maximum Gasteiger partial charge on any atom is 0.407 e. The minimum atomic E-state index is -1.14. The fourth-order valence-electron chi connectivity index (χ4n) is 10.5. The molecular formula is C52H67N11O6. The first kappa shape index (κ1) is 48.7. The van der Waals surface area contributed by atoms with Gasteiger partial charge in [0.15, 0.2) is 11.6 Å². The number of benzene rings is 3. The van der Waals surface area contributed by atoms with Gasteiger partial charge in [-0.2, -0.15) is 10.2 Å². The second-order valence-electron chi connectivity index (χ2n) is 20.5. The number of methoxy groups -OCH3 is 1. The molecule has 3 aliphatic rings. The van der Waals surface area contributed by atoms with Crippen LogP contribution in [0.3, 0.4) is 0 Å². The number of H-pyrrole nitrogens is 2. The van der Waals surface area contributed by atoms with E-state index in [1.807, 2.05) is 27.7 Å². The van der Waals surface area contributed by atoms with Crippen molar-refractivity contribution in [2.45, 2.75) is 129 Å². The van der Waals surface area contributed by atoms with Crippen molar-refractivity contribution in [1.82, 2.24) is 50.4 Å². The molecular weight excluding hydrogens is 875 g/mol. The lowest BCUT2D eigenvalue weighted by molar-refractivity contribution is -0.138. The van der Waals surface area contributed by atoms with E-state index in [9.17, 15) is 24.3 Å². The summed E-state index contributed by atoms with van der Waals surface area (Å²) in [5.41, 5.74) is 6.50. The van der Waals surface area contributed by atoms with Crippen LogP contribution in [0.2, 0.25) is 0 Å². The zero-order chi connectivity index (χ0) is 49.3. The molecule has 3 saturated heterocycles. The van der Waals surface area contributed by atoms with Crippen molar-refractivity contribution < 1.29 is 29.0 Å². The first-order chi connectivity index (χ1) is 32.9. The standard InChI is InChI=1S/C52H67N11O6/c1-30(2)42(53-50(66)69-9)48(64)61-28-10-12-40(61)46-54-44(56-58-46)34-18-14-32(15-19-34)38-26-27-39(63(38)37-24-22-36(23-25-37)52(5,6)7)33-16-20-35(21-17-33)45-55-47(59-57-45)41-13-11-29-62(41)49(65)43(31(3)4)60(8)51(67)68/h14-25,30-31,38-43H,10-13,26-29H2,1-9H3,(H,53,66)(H,67,68)(H,54,56,58)(H,55,57,59)/t38-,39-,40-,41-,42-,43-/m0/s1. The lowest BCUT2D eigenvalue weighted by Crippen LogP contribution is -2.51. The Hall–Kier alpha value is -6.78. The summed E-state index contributed by atoms with van der Waals surface area (Å²) in [7, 11) is 2.74. The Morgan fingerprint density at radius 3 is 1.59 bits per heavy atom. The van der Waals surface area contributed by atoms with Crippen molar-refractivity contribution in [3.8, 4) is 22.8 Å². The molecule has 0 spiro atoms. The van der Waals surface area contributed by atoms with Gasteiger partial charge in [-0.1, -0.05) is 109 Å². The molecule has 8 rings (SSSR count). The molecule has 2 aromatic heterocycles. The minimum Gasteiger partial charge on any atom is -0.465 e. The average Bonchev–Trinajstić information content (AvgIpc) is 4.20. The number of carbonyl (C=O) groups is 4. The highest BCUT2D eigenvalue weighted by Crippen LogP contribution is 2.48. The molecule has 4 N–H and O–H groups in total. The van der Waals surface area contributed by atoms with Crippen LogP contribution >= 0.6 is 0 Å². The smallest absolute Gasteiger partial charge is 0.407 e. The number of likely N-dealkylation sites (tertiary alicyclic amines) is 2. The van der Waals surface area contributed by atoms with Gasteiger partial charge in [-0.25, -0.2) is 19.6 Å². The molecule has 17 nitrogen and oxygen atoms in total. The number of likely N-dealkylation sites (N-methyl/N-ethyl adjacent to an activating group) is 1. The van der Waals surface area contributed by atoms with Crippen LogP contribution in [0.4, 0.5) is 15.3 Å². The third-order valence-corrected chi connectivity index (χ3v) is 14.2. The van der Waals surface area contributed by atoms with Gasteiger partial charge in [0.1, 0.15) is 23.7 Å². The van der Waals surface area contributed by atoms with Gasteiger partial charge in [-0.05, 0) is 84.6 Å². The highest BCUT2D eigenvalue weighted by Gasteiger charge is 2.41. The van der Waals surface area contributed by atoms with E-state index < -0.39 is 24.3 Å². The second kappa shape index (κ2) is 20.1. The van der Waals surface area contributed by atoms with Gasteiger partial charge < -0.3 is 29.9 Å². The average molecular weight is 942 g/mol.